The van der Waals surface area contributed by atoms with Gasteiger partial charge in [-0.1, -0.05) is 0 Å². The molecule has 0 aliphatic heterocycles. The van der Waals surface area contributed by atoms with Crippen LogP contribution in [0.15, 0.2) is 45.3 Å². The molecule has 0 aromatic heterocycles. The summed E-state index contributed by atoms with van der Waals surface area (Å²) in [6.45, 7) is 0. The van der Waals surface area contributed by atoms with Gasteiger partial charge in [-0.25, -0.2) is 0 Å². The number of allylic oxidation sites excluding steroid dienone is 6. The summed E-state index contributed by atoms with van der Waals surface area (Å²) in [6, 6.07) is 0. The van der Waals surface area contributed by atoms with Gasteiger partial charge in [0.05, 0.1) is 11.1 Å². The second-order valence-corrected chi connectivity index (χ2v) is 6.97. The van der Waals surface area contributed by atoms with Crippen LogP contribution in [-0.2, 0) is 20.2 Å². The van der Waals surface area contributed by atoms with Gasteiger partial charge in [-0.15, -0.1) is 0 Å². The average Bonchev–Trinajstić information content (AvgIpc) is 2.42. The first-order valence-electron chi connectivity index (χ1n) is 5.35. The van der Waals surface area contributed by atoms with E-state index in [1.54, 1.807) is 0 Å². The zero-order valence-corrected chi connectivity index (χ0v) is 12.1. The minimum atomic E-state index is -4.65. The predicted molar refractivity (Wildman–Crippen MR) is 72.7 cm³/mol. The first-order valence-corrected chi connectivity index (χ1v) is 8.23. The molecule has 0 aromatic carbocycles. The van der Waals surface area contributed by atoms with E-state index in [1.165, 1.54) is 0 Å². The zero-order valence-electron chi connectivity index (χ0n) is 10.4. The molecule has 0 radical (unpaired) electrons. The third-order valence-electron chi connectivity index (χ3n) is 2.78. The smallest absolute Gasteiger partial charge is 0.324 e. The Morgan fingerprint density at radius 2 is 1.05 bits per heavy atom. The monoisotopic (exact) mass is 342 g/mol. The molecule has 10 nitrogen and oxygen atoms in total. The molecular formula is C10H6N4O6S2. The molecule has 0 bridgehead atoms. The van der Waals surface area contributed by atoms with Crippen molar-refractivity contribution in [2.75, 3.05) is 0 Å². The van der Waals surface area contributed by atoms with Crippen molar-refractivity contribution in [3.63, 3.8) is 0 Å². The van der Waals surface area contributed by atoms with Crippen LogP contribution < -0.4 is 0 Å². The lowest BCUT2D eigenvalue weighted by atomic mass is 9.89. The molecule has 0 spiro atoms. The summed E-state index contributed by atoms with van der Waals surface area (Å²) in [5, 5.41) is 0. The molecule has 0 aromatic rings. The Morgan fingerprint density at radius 3 is 1.27 bits per heavy atom. The largest absolute Gasteiger partial charge is 0.361 e. The van der Waals surface area contributed by atoms with Crippen LogP contribution in [0, 0.1) is 0 Å². The second-order valence-electron chi connectivity index (χ2n) is 4.13. The molecule has 114 valence electrons. The highest BCUT2D eigenvalue weighted by Crippen LogP contribution is 2.30. The fourth-order valence-electron chi connectivity index (χ4n) is 1.84. The molecule has 0 atom stereocenters. The van der Waals surface area contributed by atoms with Crippen molar-refractivity contribution in [3.8, 4) is 0 Å². The lowest BCUT2D eigenvalue weighted by Gasteiger charge is -2.13. The maximum atomic E-state index is 11.2. The maximum Gasteiger partial charge on any atom is 0.324 e. The van der Waals surface area contributed by atoms with Crippen molar-refractivity contribution in [2.24, 2.45) is 0 Å². The maximum absolute atomic E-state index is 11.2. The summed E-state index contributed by atoms with van der Waals surface area (Å²) in [4.78, 5) is 4.28. The predicted octanol–water partition coefficient (Wildman–Crippen LogP) is -0.249. The molecule has 0 unspecified atom stereocenters. The Bertz CT molecular complexity index is 929. The van der Waals surface area contributed by atoms with Gasteiger partial charge in [0.15, 0.2) is 0 Å². The zero-order chi connectivity index (χ0) is 16.7. The van der Waals surface area contributed by atoms with Gasteiger partial charge in [-0.3, -0.25) is 9.11 Å². The summed E-state index contributed by atoms with van der Waals surface area (Å²) >= 11 is 0. The van der Waals surface area contributed by atoms with Crippen molar-refractivity contribution in [2.45, 2.75) is 0 Å². The van der Waals surface area contributed by atoms with E-state index in [-0.39, 0.29) is 11.1 Å². The van der Waals surface area contributed by atoms with Crippen LogP contribution in [0.5, 0.6) is 0 Å². The van der Waals surface area contributed by atoms with E-state index in [1.807, 2.05) is 0 Å². The molecule has 2 N–H and O–H groups in total. The molecule has 12 heteroatoms. The highest BCUT2D eigenvalue weighted by molar-refractivity contribution is 7.90. The van der Waals surface area contributed by atoms with Crippen LogP contribution in [0.3, 0.4) is 0 Å². The molecule has 2 aliphatic rings. The molecular weight excluding hydrogens is 336 g/mol. The van der Waals surface area contributed by atoms with Gasteiger partial charge in [0.25, 0.3) is 20.2 Å². The van der Waals surface area contributed by atoms with Crippen molar-refractivity contribution in [1.82, 2.24) is 0 Å². The van der Waals surface area contributed by atoms with Crippen molar-refractivity contribution in [3.05, 3.63) is 56.3 Å². The van der Waals surface area contributed by atoms with Crippen LogP contribution in [0.4, 0.5) is 0 Å². The summed E-state index contributed by atoms with van der Waals surface area (Å²) in [7, 11) is -9.30. The average molecular weight is 342 g/mol. The Hall–Kier alpha value is -2.46. The third-order valence-corrected chi connectivity index (χ3v) is 4.45. The van der Waals surface area contributed by atoms with Crippen LogP contribution in [0.2, 0.25) is 0 Å². The minimum absolute atomic E-state index is 0.127. The van der Waals surface area contributed by atoms with Gasteiger partial charge in [-0.2, -0.15) is 26.4 Å². The number of nitrogens with zero attached hydrogens (tertiary/aromatic N) is 4. The SMILES string of the molecule is [N-]=[N+]=C1C=C(S(=O)(=O)O)C=C2C1=CC(S(=O)(=O)O)=CC2=[N+]=[N-]. The molecule has 0 saturated heterocycles. The Balaban J connectivity index is 2.82. The normalized spacial score (nSPS) is 18.3. The second kappa shape index (κ2) is 5.07. The Kier molecular flexibility index (Phi) is 3.67. The topological polar surface area (TPSA) is 182 Å². The number of hydrogen-bond donors (Lipinski definition) is 2. The van der Waals surface area contributed by atoms with E-state index >= 15 is 0 Å². The van der Waals surface area contributed by atoms with E-state index in [4.69, 9.17) is 20.2 Å². The van der Waals surface area contributed by atoms with Crippen LogP contribution in [0.25, 0.3) is 11.1 Å². The van der Waals surface area contributed by atoms with Crippen molar-refractivity contribution in [1.29, 1.82) is 0 Å². The van der Waals surface area contributed by atoms with Gasteiger partial charge < -0.3 is 11.1 Å². The standard InChI is InChI=1S/C10H6N4O6S2/c11-13-9-4-6(22(18,19)20)2-8-7(9)1-5(21(15,16)17)3-10(8)14-12/h1-4H,(H,15,16,17)(H,18,19,20). The van der Waals surface area contributed by atoms with Crippen LogP contribution in [0.1, 0.15) is 0 Å². The highest BCUT2D eigenvalue weighted by atomic mass is 32.2. The third kappa shape index (κ3) is 2.78. The number of fused-ring (bicyclic) bond motifs is 1. The van der Waals surface area contributed by atoms with E-state index in [9.17, 15) is 16.8 Å². The molecule has 0 heterocycles. The van der Waals surface area contributed by atoms with E-state index < -0.39 is 41.5 Å². The lowest BCUT2D eigenvalue weighted by Crippen LogP contribution is -2.22. The van der Waals surface area contributed by atoms with Gasteiger partial charge >= 0.3 is 11.4 Å². The summed E-state index contributed by atoms with van der Waals surface area (Å²) in [5.41, 5.74) is 16.8. The first kappa shape index (κ1) is 15.9. The van der Waals surface area contributed by atoms with E-state index in [2.05, 4.69) is 9.58 Å². The van der Waals surface area contributed by atoms with Crippen molar-refractivity contribution < 1.29 is 35.5 Å². The van der Waals surface area contributed by atoms with Gasteiger partial charge in [0.2, 0.25) is 0 Å². The van der Waals surface area contributed by atoms with E-state index in [0.29, 0.717) is 0 Å². The molecule has 2 aliphatic carbocycles. The molecule has 2 rings (SSSR count). The minimum Gasteiger partial charge on any atom is -0.361 e. The molecule has 22 heavy (non-hydrogen) atoms. The summed E-state index contributed by atoms with van der Waals surface area (Å²) in [6.07, 6.45) is 3.32. The van der Waals surface area contributed by atoms with Gasteiger partial charge in [-0.05, 0) is 12.2 Å². The quantitative estimate of drug-likeness (QED) is 0.396. The summed E-state index contributed by atoms with van der Waals surface area (Å²) in [5.74, 6) is 0. The Labute approximate surface area is 124 Å². The molecule has 0 fully saturated rings. The van der Waals surface area contributed by atoms with Crippen LogP contribution >= 0.6 is 0 Å². The van der Waals surface area contributed by atoms with Crippen LogP contribution in [-0.4, -0.2) is 46.9 Å². The fourth-order valence-corrected chi connectivity index (χ4v) is 2.89. The number of hydrogen-bond acceptors (Lipinski definition) is 4. The Morgan fingerprint density at radius 1 is 0.727 bits per heavy atom. The van der Waals surface area contributed by atoms with Crippen molar-refractivity contribution >= 4 is 31.7 Å². The number of rotatable bonds is 2. The fraction of sp³-hybridized carbons (Fsp3) is 0. The van der Waals surface area contributed by atoms with Gasteiger partial charge in [0.1, 0.15) is 9.81 Å². The highest BCUT2D eigenvalue weighted by Gasteiger charge is 2.37. The first-order chi connectivity index (χ1) is 10.1. The summed E-state index contributed by atoms with van der Waals surface area (Å²) < 4.78 is 62.8. The van der Waals surface area contributed by atoms with E-state index in [0.717, 1.165) is 24.3 Å². The van der Waals surface area contributed by atoms with Gasteiger partial charge in [0, 0.05) is 12.2 Å². The lowest BCUT2D eigenvalue weighted by molar-refractivity contribution is -0.00535. The molecule has 0 saturated carbocycles. The molecule has 0 amide bonds.